The quantitative estimate of drug-likeness (QED) is 0.160. The largest absolute Gasteiger partial charge is 0.307 e. The number of fused-ring (bicyclic) bond motifs is 16. The molecule has 6 heterocycles. The molecular formula is C62H36N8. The van der Waals surface area contributed by atoms with Crippen LogP contribution in [-0.4, -0.2) is 39.0 Å². The van der Waals surface area contributed by atoms with Crippen LogP contribution >= 0.6 is 0 Å². The third-order valence-corrected chi connectivity index (χ3v) is 14.0. The molecule has 8 heteroatoms. The lowest BCUT2D eigenvalue weighted by Gasteiger charge is -2.15. The van der Waals surface area contributed by atoms with Gasteiger partial charge in [0.2, 0.25) is 0 Å². The number of benzene rings is 9. The Kier molecular flexibility index (Phi) is 8.20. The summed E-state index contributed by atoms with van der Waals surface area (Å²) in [6.07, 6.45) is 5.69. The van der Waals surface area contributed by atoms with Gasteiger partial charge < -0.3 is 4.57 Å². The summed E-state index contributed by atoms with van der Waals surface area (Å²) < 4.78 is 4.80. The highest BCUT2D eigenvalue weighted by atomic mass is 15.1. The van der Waals surface area contributed by atoms with Crippen molar-refractivity contribution in [2.75, 3.05) is 0 Å². The first kappa shape index (κ1) is 38.4. The zero-order valence-electron chi connectivity index (χ0n) is 37.4. The molecule has 6 aromatic heterocycles. The minimum absolute atomic E-state index is 0.489. The Morgan fingerprint density at radius 1 is 0.300 bits per heavy atom. The highest BCUT2D eigenvalue weighted by Gasteiger charge is 2.23. The van der Waals surface area contributed by atoms with E-state index in [9.17, 15) is 0 Å². The zero-order chi connectivity index (χ0) is 45.9. The van der Waals surface area contributed by atoms with Crippen molar-refractivity contribution in [3.8, 4) is 45.8 Å². The maximum atomic E-state index is 5.21. The number of pyridine rings is 3. The first-order chi connectivity index (χ1) is 34.7. The molecule has 324 valence electrons. The average molecular weight is 893 g/mol. The summed E-state index contributed by atoms with van der Waals surface area (Å²) in [6.45, 7) is 0. The van der Waals surface area contributed by atoms with E-state index in [1.165, 1.54) is 43.1 Å². The SMILES string of the molecule is c1ccc(-c2nc(-c3ccccc3)nc(-c3cc4cnc5cnc(-n6c7ccccc7c7ccc8c9ccccc9n(-c9ccc%10c%11ccccc%11c%11ccccc%11c%10c9)c8c76)cc5c4cn3)n2)cc1. The molecule has 0 N–H and O–H groups in total. The lowest BCUT2D eigenvalue weighted by atomic mass is 9.94. The molecule has 70 heavy (non-hydrogen) atoms. The first-order valence-electron chi connectivity index (χ1n) is 23.4. The number of para-hydroxylation sites is 2. The summed E-state index contributed by atoms with van der Waals surface area (Å²) >= 11 is 0. The number of aromatic nitrogens is 8. The fourth-order valence-electron chi connectivity index (χ4n) is 10.9. The van der Waals surface area contributed by atoms with E-state index in [0.717, 1.165) is 77.1 Å². The third-order valence-electron chi connectivity index (χ3n) is 14.0. The van der Waals surface area contributed by atoms with Crippen molar-refractivity contribution in [3.63, 3.8) is 0 Å². The van der Waals surface area contributed by atoms with Gasteiger partial charge in [-0.25, -0.2) is 19.9 Å². The van der Waals surface area contributed by atoms with Gasteiger partial charge >= 0.3 is 0 Å². The van der Waals surface area contributed by atoms with Gasteiger partial charge in [-0.2, -0.15) is 0 Å². The highest BCUT2D eigenvalue weighted by molar-refractivity contribution is 6.27. The van der Waals surface area contributed by atoms with Gasteiger partial charge in [0.25, 0.3) is 0 Å². The van der Waals surface area contributed by atoms with Gasteiger partial charge in [0.1, 0.15) is 11.5 Å². The standard InChI is InChI=1S/C62H36N8/c1-3-15-37(16-4-1)60-66-61(38-17-5-2-6-18-38)68-62(67-60)53-31-39-34-63-54-36-65-57(33-51(54)52(39)35-64-53)70-56-26-14-12-24-47(56)49-30-29-48-46-23-11-13-25-55(46)69(58(48)59(49)70)40-27-28-45-43-21-8-7-19-41(43)42-20-9-10-22-44(42)50(45)32-40/h1-36H. The molecule has 0 aliphatic carbocycles. The van der Waals surface area contributed by atoms with E-state index in [2.05, 4.69) is 143 Å². The lowest BCUT2D eigenvalue weighted by Crippen LogP contribution is -2.02. The molecule has 0 atom stereocenters. The fourth-order valence-corrected chi connectivity index (χ4v) is 10.9. The molecule has 0 unspecified atom stereocenters. The average Bonchev–Trinajstić information content (AvgIpc) is 3.96. The van der Waals surface area contributed by atoms with Gasteiger partial charge in [0.05, 0.1) is 33.8 Å². The Morgan fingerprint density at radius 3 is 1.43 bits per heavy atom. The number of nitrogens with zero attached hydrogens (tertiary/aromatic N) is 8. The van der Waals surface area contributed by atoms with Crippen LogP contribution in [0.5, 0.6) is 0 Å². The Morgan fingerprint density at radius 2 is 0.800 bits per heavy atom. The molecule has 0 fully saturated rings. The fraction of sp³-hybridized carbons (Fsp3) is 0. The molecule has 15 rings (SSSR count). The molecule has 0 radical (unpaired) electrons. The van der Waals surface area contributed by atoms with E-state index in [1.54, 1.807) is 0 Å². The van der Waals surface area contributed by atoms with Crippen molar-refractivity contribution < 1.29 is 0 Å². The second kappa shape index (κ2) is 14.9. The summed E-state index contributed by atoms with van der Waals surface area (Å²) in [7, 11) is 0. The Balaban J connectivity index is 0.959. The summed E-state index contributed by atoms with van der Waals surface area (Å²) in [5.74, 6) is 2.44. The molecule has 0 aliphatic rings. The molecule has 0 amide bonds. The predicted octanol–water partition coefficient (Wildman–Crippen LogP) is 15.0. The van der Waals surface area contributed by atoms with Crippen molar-refractivity contribution in [3.05, 3.63) is 219 Å². The van der Waals surface area contributed by atoms with Crippen LogP contribution in [0.15, 0.2) is 219 Å². The van der Waals surface area contributed by atoms with Crippen molar-refractivity contribution in [2.45, 2.75) is 0 Å². The van der Waals surface area contributed by atoms with E-state index in [4.69, 9.17) is 29.9 Å². The lowest BCUT2D eigenvalue weighted by molar-refractivity contribution is 1.06. The van der Waals surface area contributed by atoms with Gasteiger partial charge in [-0.3, -0.25) is 14.5 Å². The molecule has 8 nitrogen and oxygen atoms in total. The topological polar surface area (TPSA) is 87.2 Å². The van der Waals surface area contributed by atoms with Crippen LogP contribution in [-0.2, 0) is 0 Å². The van der Waals surface area contributed by atoms with Crippen LogP contribution in [0.1, 0.15) is 0 Å². The van der Waals surface area contributed by atoms with Crippen LogP contribution in [0.25, 0.3) is 143 Å². The summed E-state index contributed by atoms with van der Waals surface area (Å²) in [4.78, 5) is 30.0. The van der Waals surface area contributed by atoms with Crippen molar-refractivity contribution in [1.29, 1.82) is 0 Å². The van der Waals surface area contributed by atoms with Crippen LogP contribution in [0, 0.1) is 0 Å². The number of hydrogen-bond acceptors (Lipinski definition) is 6. The van der Waals surface area contributed by atoms with Crippen LogP contribution < -0.4 is 0 Å². The van der Waals surface area contributed by atoms with Crippen molar-refractivity contribution in [1.82, 2.24) is 39.0 Å². The minimum Gasteiger partial charge on any atom is -0.307 e. The first-order valence-corrected chi connectivity index (χ1v) is 23.4. The van der Waals surface area contributed by atoms with E-state index >= 15 is 0 Å². The molecule has 0 saturated carbocycles. The number of rotatable bonds is 5. The van der Waals surface area contributed by atoms with E-state index in [-0.39, 0.29) is 0 Å². The summed E-state index contributed by atoms with van der Waals surface area (Å²) in [6, 6.07) is 70.7. The van der Waals surface area contributed by atoms with E-state index in [0.29, 0.717) is 23.2 Å². The van der Waals surface area contributed by atoms with Gasteiger partial charge in [0.15, 0.2) is 17.5 Å². The molecule has 15 aromatic rings. The second-order valence-corrected chi connectivity index (χ2v) is 17.9. The third kappa shape index (κ3) is 5.71. The van der Waals surface area contributed by atoms with E-state index < -0.39 is 0 Å². The molecule has 0 saturated heterocycles. The van der Waals surface area contributed by atoms with Gasteiger partial charge in [-0.15, -0.1) is 0 Å². The minimum atomic E-state index is 0.489. The van der Waals surface area contributed by atoms with E-state index in [1.807, 2.05) is 85.3 Å². The smallest absolute Gasteiger partial charge is 0.182 e. The van der Waals surface area contributed by atoms with Crippen LogP contribution in [0.3, 0.4) is 0 Å². The zero-order valence-corrected chi connectivity index (χ0v) is 37.4. The Bertz CT molecular complexity index is 4560. The van der Waals surface area contributed by atoms with Crippen molar-refractivity contribution >= 4 is 97.6 Å². The maximum absolute atomic E-state index is 5.21. The molecule has 9 aromatic carbocycles. The predicted molar refractivity (Wildman–Crippen MR) is 286 cm³/mol. The van der Waals surface area contributed by atoms with Crippen LogP contribution in [0.2, 0.25) is 0 Å². The summed E-state index contributed by atoms with van der Waals surface area (Å²) in [5, 5.41) is 14.9. The summed E-state index contributed by atoms with van der Waals surface area (Å²) in [5.41, 5.74) is 8.71. The Hall–Kier alpha value is -9.66. The molecule has 0 bridgehead atoms. The highest BCUT2D eigenvalue weighted by Crippen LogP contribution is 2.43. The second-order valence-electron chi connectivity index (χ2n) is 17.9. The number of hydrogen-bond donors (Lipinski definition) is 0. The van der Waals surface area contributed by atoms with Gasteiger partial charge in [-0.1, -0.05) is 164 Å². The maximum Gasteiger partial charge on any atom is 0.182 e. The van der Waals surface area contributed by atoms with Crippen LogP contribution in [0.4, 0.5) is 0 Å². The normalized spacial score (nSPS) is 12.0. The monoisotopic (exact) mass is 892 g/mol. The molecular weight excluding hydrogens is 857 g/mol. The molecule has 0 aliphatic heterocycles. The Labute approximate surface area is 399 Å². The van der Waals surface area contributed by atoms with Gasteiger partial charge in [0, 0.05) is 66.9 Å². The molecule has 0 spiro atoms. The van der Waals surface area contributed by atoms with Crippen molar-refractivity contribution in [2.24, 2.45) is 0 Å². The van der Waals surface area contributed by atoms with Gasteiger partial charge in [-0.05, 0) is 68.7 Å².